The van der Waals surface area contributed by atoms with Gasteiger partial charge in [0.2, 0.25) is 0 Å². The number of nitrogen functional groups attached to an aromatic ring is 1. The molecule has 0 fully saturated rings. The second kappa shape index (κ2) is 3.82. The Morgan fingerprint density at radius 2 is 1.64 bits per heavy atom. The van der Waals surface area contributed by atoms with Crippen LogP contribution in [0.15, 0.2) is 12.1 Å². The molecule has 0 bridgehead atoms. The second-order valence-electron chi connectivity index (χ2n) is 4.04. The lowest BCUT2D eigenvalue weighted by atomic mass is 9.96. The highest BCUT2D eigenvalue weighted by Gasteiger charge is 2.12. The molecule has 1 aromatic rings. The van der Waals surface area contributed by atoms with E-state index < -0.39 is 0 Å². The summed E-state index contributed by atoms with van der Waals surface area (Å²) in [5.41, 5.74) is 9.33. The number of Topliss-reactive ketones (excluding diaryl/α,β-unsaturated/α-hetero) is 1. The number of hydrogen-bond donors (Lipinski definition) is 1. The molecule has 0 spiro atoms. The van der Waals surface area contributed by atoms with Crippen LogP contribution in [-0.2, 0) is 0 Å². The fourth-order valence-corrected chi connectivity index (χ4v) is 1.45. The second-order valence-corrected chi connectivity index (χ2v) is 4.04. The average Bonchev–Trinajstić information content (AvgIpc) is 2.12. The van der Waals surface area contributed by atoms with E-state index in [-0.39, 0.29) is 11.7 Å². The minimum Gasteiger partial charge on any atom is -0.398 e. The highest BCUT2D eigenvalue weighted by molar-refractivity contribution is 5.98. The van der Waals surface area contributed by atoms with Gasteiger partial charge in [0.25, 0.3) is 0 Å². The molecule has 0 heterocycles. The largest absolute Gasteiger partial charge is 0.398 e. The first kappa shape index (κ1) is 10.8. The standard InChI is InChI=1S/C12H17NO/c1-7(2)12(14)10-5-8(3)11(13)9(4)6-10/h5-7H,13H2,1-4H3. The number of carbonyl (C=O) groups excluding carboxylic acids is 1. The van der Waals surface area contributed by atoms with Gasteiger partial charge in [-0.05, 0) is 37.1 Å². The number of anilines is 1. The molecule has 2 N–H and O–H groups in total. The van der Waals surface area contributed by atoms with Crippen LogP contribution in [-0.4, -0.2) is 5.78 Å². The van der Waals surface area contributed by atoms with Crippen molar-refractivity contribution in [1.82, 2.24) is 0 Å². The van der Waals surface area contributed by atoms with E-state index in [0.717, 1.165) is 22.4 Å². The minimum atomic E-state index is 0.0393. The van der Waals surface area contributed by atoms with Gasteiger partial charge in [0.05, 0.1) is 0 Å². The fourth-order valence-electron chi connectivity index (χ4n) is 1.45. The molecule has 0 saturated carbocycles. The topological polar surface area (TPSA) is 43.1 Å². The Bertz CT molecular complexity index is 344. The predicted molar refractivity (Wildman–Crippen MR) is 59.5 cm³/mol. The summed E-state index contributed by atoms with van der Waals surface area (Å²) in [7, 11) is 0. The lowest BCUT2D eigenvalue weighted by molar-refractivity contribution is 0.0939. The molecule has 0 unspecified atom stereocenters. The van der Waals surface area contributed by atoms with Crippen molar-refractivity contribution in [1.29, 1.82) is 0 Å². The number of ketones is 1. The van der Waals surface area contributed by atoms with E-state index in [4.69, 9.17) is 5.73 Å². The summed E-state index contributed by atoms with van der Waals surface area (Å²) in [6.07, 6.45) is 0. The molecule has 14 heavy (non-hydrogen) atoms. The van der Waals surface area contributed by atoms with Gasteiger partial charge in [-0.15, -0.1) is 0 Å². The summed E-state index contributed by atoms with van der Waals surface area (Å²) in [5.74, 6) is 0.216. The third-order valence-corrected chi connectivity index (χ3v) is 2.40. The van der Waals surface area contributed by atoms with Gasteiger partial charge >= 0.3 is 0 Å². The first-order valence-corrected chi connectivity index (χ1v) is 4.84. The van der Waals surface area contributed by atoms with Crippen molar-refractivity contribution >= 4 is 11.5 Å². The summed E-state index contributed by atoms with van der Waals surface area (Å²) in [5, 5.41) is 0. The smallest absolute Gasteiger partial charge is 0.165 e. The first-order chi connectivity index (χ1) is 6.43. The Balaban J connectivity index is 3.19. The quantitative estimate of drug-likeness (QED) is 0.577. The molecular weight excluding hydrogens is 174 g/mol. The summed E-state index contributed by atoms with van der Waals surface area (Å²) in [6, 6.07) is 3.73. The predicted octanol–water partition coefficient (Wildman–Crippen LogP) is 2.72. The number of aryl methyl sites for hydroxylation is 2. The average molecular weight is 191 g/mol. The summed E-state index contributed by atoms with van der Waals surface area (Å²) >= 11 is 0. The molecular formula is C12H17NO. The lowest BCUT2D eigenvalue weighted by Gasteiger charge is -2.09. The minimum absolute atomic E-state index is 0.0393. The Morgan fingerprint density at radius 3 is 2.00 bits per heavy atom. The van der Waals surface area contributed by atoms with Crippen molar-refractivity contribution in [3.8, 4) is 0 Å². The fraction of sp³-hybridized carbons (Fsp3) is 0.417. The maximum absolute atomic E-state index is 11.7. The Hall–Kier alpha value is -1.31. The third-order valence-electron chi connectivity index (χ3n) is 2.40. The first-order valence-electron chi connectivity index (χ1n) is 4.84. The van der Waals surface area contributed by atoms with Gasteiger partial charge in [0.1, 0.15) is 0 Å². The van der Waals surface area contributed by atoms with Crippen molar-refractivity contribution in [2.45, 2.75) is 27.7 Å². The normalized spacial score (nSPS) is 10.6. The molecule has 2 heteroatoms. The van der Waals surface area contributed by atoms with Crippen LogP contribution in [0.1, 0.15) is 35.3 Å². The van der Waals surface area contributed by atoms with Crippen molar-refractivity contribution in [2.24, 2.45) is 5.92 Å². The Labute approximate surface area is 85.1 Å². The van der Waals surface area contributed by atoms with Gasteiger partial charge in [-0.25, -0.2) is 0 Å². The molecule has 1 rings (SSSR count). The molecule has 0 aromatic heterocycles. The van der Waals surface area contributed by atoms with Crippen LogP contribution >= 0.6 is 0 Å². The van der Waals surface area contributed by atoms with Gasteiger partial charge < -0.3 is 5.73 Å². The molecule has 76 valence electrons. The van der Waals surface area contributed by atoms with E-state index in [2.05, 4.69) is 0 Å². The molecule has 0 radical (unpaired) electrons. The summed E-state index contributed by atoms with van der Waals surface area (Å²) in [4.78, 5) is 11.7. The molecule has 1 aromatic carbocycles. The van der Waals surface area contributed by atoms with E-state index in [9.17, 15) is 4.79 Å². The third kappa shape index (κ3) is 1.95. The van der Waals surface area contributed by atoms with Crippen LogP contribution in [0, 0.1) is 19.8 Å². The maximum Gasteiger partial charge on any atom is 0.165 e. The monoisotopic (exact) mass is 191 g/mol. The van der Waals surface area contributed by atoms with Crippen LogP contribution in [0.25, 0.3) is 0 Å². The molecule has 2 nitrogen and oxygen atoms in total. The number of hydrogen-bond acceptors (Lipinski definition) is 2. The van der Waals surface area contributed by atoms with Crippen LogP contribution in [0.3, 0.4) is 0 Å². The van der Waals surface area contributed by atoms with Gasteiger partial charge in [0, 0.05) is 17.2 Å². The SMILES string of the molecule is Cc1cc(C(=O)C(C)C)cc(C)c1N. The summed E-state index contributed by atoms with van der Waals surface area (Å²) in [6.45, 7) is 7.67. The maximum atomic E-state index is 11.7. The Kier molecular flexibility index (Phi) is 2.94. The highest BCUT2D eigenvalue weighted by Crippen LogP contribution is 2.20. The number of rotatable bonds is 2. The van der Waals surface area contributed by atoms with Gasteiger partial charge in [0.15, 0.2) is 5.78 Å². The van der Waals surface area contributed by atoms with E-state index in [1.807, 2.05) is 39.8 Å². The zero-order chi connectivity index (χ0) is 10.9. The highest BCUT2D eigenvalue weighted by atomic mass is 16.1. The molecule has 0 atom stereocenters. The van der Waals surface area contributed by atoms with Crippen LogP contribution < -0.4 is 5.73 Å². The number of carbonyl (C=O) groups is 1. The van der Waals surface area contributed by atoms with E-state index in [0.29, 0.717) is 0 Å². The summed E-state index contributed by atoms with van der Waals surface area (Å²) < 4.78 is 0. The van der Waals surface area contributed by atoms with E-state index in [1.165, 1.54) is 0 Å². The van der Waals surface area contributed by atoms with Crippen LogP contribution in [0.2, 0.25) is 0 Å². The zero-order valence-corrected chi connectivity index (χ0v) is 9.22. The zero-order valence-electron chi connectivity index (χ0n) is 9.22. The number of benzene rings is 1. The van der Waals surface area contributed by atoms with Gasteiger partial charge in [-0.2, -0.15) is 0 Å². The van der Waals surface area contributed by atoms with Crippen LogP contribution in [0.5, 0.6) is 0 Å². The molecule has 0 saturated heterocycles. The van der Waals surface area contributed by atoms with Gasteiger partial charge in [-0.1, -0.05) is 13.8 Å². The molecule has 0 aliphatic heterocycles. The van der Waals surface area contributed by atoms with Gasteiger partial charge in [-0.3, -0.25) is 4.79 Å². The number of nitrogens with two attached hydrogens (primary N) is 1. The van der Waals surface area contributed by atoms with Crippen molar-refractivity contribution in [3.63, 3.8) is 0 Å². The lowest BCUT2D eigenvalue weighted by Crippen LogP contribution is -2.09. The molecule has 0 amide bonds. The molecule has 0 aliphatic carbocycles. The van der Waals surface area contributed by atoms with Crippen molar-refractivity contribution in [2.75, 3.05) is 5.73 Å². The Morgan fingerprint density at radius 1 is 1.21 bits per heavy atom. The van der Waals surface area contributed by atoms with Crippen molar-refractivity contribution in [3.05, 3.63) is 28.8 Å². The molecule has 0 aliphatic rings. The van der Waals surface area contributed by atoms with Crippen LogP contribution in [0.4, 0.5) is 5.69 Å². The van der Waals surface area contributed by atoms with E-state index >= 15 is 0 Å². The van der Waals surface area contributed by atoms with E-state index in [1.54, 1.807) is 0 Å². The van der Waals surface area contributed by atoms with Crippen molar-refractivity contribution < 1.29 is 4.79 Å².